The zero-order valence-corrected chi connectivity index (χ0v) is 12.2. The van der Waals surface area contributed by atoms with Gasteiger partial charge in [-0.1, -0.05) is 12.8 Å². The molecule has 2 heterocycles. The van der Waals surface area contributed by atoms with Crippen LogP contribution in [0.2, 0.25) is 0 Å². The highest BCUT2D eigenvalue weighted by Crippen LogP contribution is 2.25. The molecule has 0 aromatic carbocycles. The maximum absolute atomic E-state index is 5.74. The third-order valence-corrected chi connectivity index (χ3v) is 3.79. The Morgan fingerprint density at radius 2 is 2.19 bits per heavy atom. The van der Waals surface area contributed by atoms with E-state index in [1.165, 1.54) is 32.0 Å². The van der Waals surface area contributed by atoms with E-state index in [9.17, 15) is 0 Å². The van der Waals surface area contributed by atoms with E-state index in [0.29, 0.717) is 24.2 Å². The molecule has 1 saturated carbocycles. The van der Waals surface area contributed by atoms with Crippen molar-refractivity contribution >= 4 is 5.82 Å². The molecule has 0 atom stereocenters. The molecule has 2 aromatic heterocycles. The Labute approximate surface area is 123 Å². The standard InChI is InChI=1S/C14H20N6O/c1-20-13(17-10-18-20)7-16-12-6-15-8-14(19-12)21-9-11-4-2-3-5-11/h6,8,10-11H,2-5,7,9H2,1H3,(H,16,19). The van der Waals surface area contributed by atoms with E-state index in [-0.39, 0.29) is 0 Å². The van der Waals surface area contributed by atoms with Crippen LogP contribution in [0.15, 0.2) is 18.7 Å². The van der Waals surface area contributed by atoms with Crippen molar-refractivity contribution in [2.45, 2.75) is 32.2 Å². The molecule has 0 unspecified atom stereocenters. The lowest BCUT2D eigenvalue weighted by Crippen LogP contribution is -2.11. The van der Waals surface area contributed by atoms with Crippen LogP contribution in [0.1, 0.15) is 31.5 Å². The monoisotopic (exact) mass is 288 g/mol. The molecule has 0 amide bonds. The molecule has 112 valence electrons. The fraction of sp³-hybridized carbons (Fsp3) is 0.571. The molecular formula is C14H20N6O. The summed E-state index contributed by atoms with van der Waals surface area (Å²) in [5.41, 5.74) is 0. The van der Waals surface area contributed by atoms with Gasteiger partial charge >= 0.3 is 0 Å². The van der Waals surface area contributed by atoms with E-state index in [2.05, 4.69) is 25.4 Å². The van der Waals surface area contributed by atoms with E-state index in [4.69, 9.17) is 4.74 Å². The van der Waals surface area contributed by atoms with Crippen LogP contribution in [-0.2, 0) is 13.6 Å². The number of hydrogen-bond donors (Lipinski definition) is 1. The van der Waals surface area contributed by atoms with E-state index in [0.717, 1.165) is 12.4 Å². The fourth-order valence-electron chi connectivity index (χ4n) is 2.53. The summed E-state index contributed by atoms with van der Waals surface area (Å²) in [6.07, 6.45) is 10.0. The minimum Gasteiger partial charge on any atom is -0.476 e. The third kappa shape index (κ3) is 3.68. The fourth-order valence-corrected chi connectivity index (χ4v) is 2.53. The predicted molar refractivity (Wildman–Crippen MR) is 77.8 cm³/mol. The third-order valence-electron chi connectivity index (χ3n) is 3.79. The van der Waals surface area contributed by atoms with Crippen LogP contribution >= 0.6 is 0 Å². The summed E-state index contributed by atoms with van der Waals surface area (Å²) in [6.45, 7) is 1.29. The second-order valence-corrected chi connectivity index (χ2v) is 5.36. The number of aromatic nitrogens is 5. The summed E-state index contributed by atoms with van der Waals surface area (Å²) in [6, 6.07) is 0. The average molecular weight is 288 g/mol. The molecule has 7 nitrogen and oxygen atoms in total. The highest BCUT2D eigenvalue weighted by Gasteiger charge is 2.15. The number of anilines is 1. The predicted octanol–water partition coefficient (Wildman–Crippen LogP) is 1.79. The Kier molecular flexibility index (Phi) is 4.28. The first-order valence-electron chi connectivity index (χ1n) is 7.33. The zero-order chi connectivity index (χ0) is 14.5. The van der Waals surface area contributed by atoms with Crippen molar-refractivity contribution < 1.29 is 4.74 Å². The van der Waals surface area contributed by atoms with E-state index < -0.39 is 0 Å². The molecule has 0 spiro atoms. The molecular weight excluding hydrogens is 268 g/mol. The largest absolute Gasteiger partial charge is 0.476 e. The van der Waals surface area contributed by atoms with Gasteiger partial charge in [0.2, 0.25) is 5.88 Å². The minimum absolute atomic E-state index is 0.553. The van der Waals surface area contributed by atoms with Crippen LogP contribution < -0.4 is 10.1 Å². The lowest BCUT2D eigenvalue weighted by atomic mass is 10.1. The summed E-state index contributed by atoms with van der Waals surface area (Å²) >= 11 is 0. The van der Waals surface area contributed by atoms with Gasteiger partial charge < -0.3 is 10.1 Å². The summed E-state index contributed by atoms with van der Waals surface area (Å²) in [7, 11) is 1.86. The number of hydrogen-bond acceptors (Lipinski definition) is 6. The van der Waals surface area contributed by atoms with Gasteiger partial charge in [-0.25, -0.2) is 4.98 Å². The molecule has 1 N–H and O–H groups in total. The van der Waals surface area contributed by atoms with Gasteiger partial charge in [0.1, 0.15) is 18.0 Å². The molecule has 2 aromatic rings. The quantitative estimate of drug-likeness (QED) is 0.873. The Hall–Kier alpha value is -2.18. The van der Waals surface area contributed by atoms with Gasteiger partial charge in [-0.05, 0) is 18.8 Å². The van der Waals surface area contributed by atoms with Gasteiger partial charge in [-0.15, -0.1) is 0 Å². The Morgan fingerprint density at radius 1 is 1.33 bits per heavy atom. The molecule has 1 aliphatic rings. The summed E-state index contributed by atoms with van der Waals surface area (Å²) in [5.74, 6) is 2.77. The van der Waals surface area contributed by atoms with Crippen molar-refractivity contribution in [1.82, 2.24) is 24.7 Å². The van der Waals surface area contributed by atoms with Gasteiger partial charge in [0.15, 0.2) is 0 Å². The normalized spacial score (nSPS) is 15.3. The van der Waals surface area contributed by atoms with E-state index in [1.807, 2.05) is 7.05 Å². The van der Waals surface area contributed by atoms with E-state index >= 15 is 0 Å². The van der Waals surface area contributed by atoms with Gasteiger partial charge in [-0.2, -0.15) is 10.1 Å². The number of ether oxygens (including phenoxy) is 1. The average Bonchev–Trinajstić information content (AvgIpc) is 3.15. The molecule has 3 rings (SSSR count). The molecule has 1 fully saturated rings. The molecule has 7 heteroatoms. The second-order valence-electron chi connectivity index (χ2n) is 5.36. The van der Waals surface area contributed by atoms with Crippen molar-refractivity contribution in [1.29, 1.82) is 0 Å². The Balaban J connectivity index is 1.54. The smallest absolute Gasteiger partial charge is 0.234 e. The van der Waals surface area contributed by atoms with E-state index in [1.54, 1.807) is 17.1 Å². The van der Waals surface area contributed by atoms with Crippen LogP contribution in [0.25, 0.3) is 0 Å². The van der Waals surface area contributed by atoms with Crippen LogP contribution in [0.3, 0.4) is 0 Å². The minimum atomic E-state index is 0.553. The summed E-state index contributed by atoms with van der Waals surface area (Å²) in [5, 5.41) is 7.20. The number of aryl methyl sites for hydroxylation is 1. The maximum atomic E-state index is 5.74. The van der Waals surface area contributed by atoms with Crippen LogP contribution in [0.5, 0.6) is 5.88 Å². The summed E-state index contributed by atoms with van der Waals surface area (Å²) < 4.78 is 7.47. The molecule has 21 heavy (non-hydrogen) atoms. The van der Waals surface area contributed by atoms with Crippen molar-refractivity contribution in [3.63, 3.8) is 0 Å². The van der Waals surface area contributed by atoms with Crippen molar-refractivity contribution in [2.75, 3.05) is 11.9 Å². The topological polar surface area (TPSA) is 77.8 Å². The van der Waals surface area contributed by atoms with Gasteiger partial charge in [-0.3, -0.25) is 9.67 Å². The SMILES string of the molecule is Cn1ncnc1CNc1cncc(OCC2CCCC2)n1. The second kappa shape index (κ2) is 6.51. The molecule has 0 bridgehead atoms. The van der Waals surface area contributed by atoms with Gasteiger partial charge in [0, 0.05) is 7.05 Å². The molecule has 0 aliphatic heterocycles. The first kappa shape index (κ1) is 13.8. The zero-order valence-electron chi connectivity index (χ0n) is 12.2. The highest BCUT2D eigenvalue weighted by molar-refractivity contribution is 5.33. The lowest BCUT2D eigenvalue weighted by molar-refractivity contribution is 0.243. The molecule has 0 saturated heterocycles. The van der Waals surface area contributed by atoms with Crippen molar-refractivity contribution in [2.24, 2.45) is 13.0 Å². The van der Waals surface area contributed by atoms with Crippen LogP contribution in [-0.4, -0.2) is 31.3 Å². The van der Waals surface area contributed by atoms with Gasteiger partial charge in [0.25, 0.3) is 0 Å². The van der Waals surface area contributed by atoms with Crippen LogP contribution in [0, 0.1) is 5.92 Å². The first-order chi connectivity index (χ1) is 10.3. The highest BCUT2D eigenvalue weighted by atomic mass is 16.5. The Bertz CT molecular complexity index is 578. The summed E-state index contributed by atoms with van der Waals surface area (Å²) in [4.78, 5) is 12.7. The van der Waals surface area contributed by atoms with Crippen molar-refractivity contribution in [3.05, 3.63) is 24.5 Å². The van der Waals surface area contributed by atoms with Crippen molar-refractivity contribution in [3.8, 4) is 5.88 Å². The molecule has 0 radical (unpaired) electrons. The Morgan fingerprint density at radius 3 is 2.95 bits per heavy atom. The number of rotatable bonds is 6. The first-order valence-corrected chi connectivity index (χ1v) is 7.33. The van der Waals surface area contributed by atoms with Crippen LogP contribution in [0.4, 0.5) is 5.82 Å². The number of nitrogens with zero attached hydrogens (tertiary/aromatic N) is 5. The number of nitrogens with one attached hydrogen (secondary N) is 1. The maximum Gasteiger partial charge on any atom is 0.234 e. The van der Waals surface area contributed by atoms with Gasteiger partial charge in [0.05, 0.1) is 25.5 Å². The molecule has 1 aliphatic carbocycles. The lowest BCUT2D eigenvalue weighted by Gasteiger charge is -2.11.